The minimum Gasteiger partial charge on any atom is -0.504 e. The zero-order chi connectivity index (χ0) is 19.6. The molecule has 3 aliphatic rings. The quantitative estimate of drug-likeness (QED) is 0.765. The van der Waals surface area contributed by atoms with E-state index in [4.69, 9.17) is 4.18 Å². The fourth-order valence-electron chi connectivity index (χ4n) is 5.94. The molecular formula is C20H29NO5S. The highest BCUT2D eigenvalue weighted by Crippen LogP contribution is 2.62. The highest BCUT2D eigenvalue weighted by molar-refractivity contribution is 7.84. The lowest BCUT2D eigenvalue weighted by Gasteiger charge is -2.49. The zero-order valence-electron chi connectivity index (χ0n) is 16.2. The van der Waals surface area contributed by atoms with Crippen LogP contribution in [0.25, 0.3) is 0 Å². The van der Waals surface area contributed by atoms with E-state index in [1.165, 1.54) is 33.4 Å². The number of aryl methyl sites for hydroxylation is 1. The molecule has 2 saturated carbocycles. The van der Waals surface area contributed by atoms with E-state index in [0.717, 1.165) is 41.1 Å². The number of rotatable bonds is 3. The van der Waals surface area contributed by atoms with Crippen molar-refractivity contribution in [2.24, 2.45) is 17.3 Å². The van der Waals surface area contributed by atoms with Crippen LogP contribution in [0.1, 0.15) is 62.5 Å². The van der Waals surface area contributed by atoms with Crippen LogP contribution in [0.5, 0.6) is 17.2 Å². The van der Waals surface area contributed by atoms with E-state index in [-0.39, 0.29) is 17.4 Å². The number of phenols is 2. The van der Waals surface area contributed by atoms with Gasteiger partial charge in [0.1, 0.15) is 0 Å². The smallest absolute Gasteiger partial charge is 0.384 e. The van der Waals surface area contributed by atoms with Crippen LogP contribution in [-0.4, -0.2) is 37.0 Å². The Morgan fingerprint density at radius 1 is 1.15 bits per heavy atom. The maximum Gasteiger partial charge on any atom is 0.384 e. The van der Waals surface area contributed by atoms with Gasteiger partial charge in [0.25, 0.3) is 0 Å². The first-order chi connectivity index (χ1) is 12.6. The Bertz CT molecular complexity index is 866. The molecular weight excluding hydrogens is 366 g/mol. The van der Waals surface area contributed by atoms with Crippen LogP contribution in [0.3, 0.4) is 0 Å². The predicted octanol–water partition coefficient (Wildman–Crippen LogP) is 3.53. The fourth-order valence-corrected chi connectivity index (χ4v) is 6.44. The molecule has 150 valence electrons. The minimum atomic E-state index is -4.00. The van der Waals surface area contributed by atoms with Gasteiger partial charge in [0.15, 0.2) is 11.5 Å². The lowest BCUT2D eigenvalue weighted by atomic mass is 9.56. The Kier molecular flexibility index (Phi) is 4.38. The number of hydrogen-bond acceptors (Lipinski definition) is 5. The SMILES string of the molecule is CN(C)S(=O)(=O)Oc1cc2c(c(O)c1O)[C@H]1CC[C@]3(C)CCC[C@H]3[C@@H]1CC2. The molecule has 1 aromatic rings. The first kappa shape index (κ1) is 18.9. The van der Waals surface area contributed by atoms with E-state index in [1.54, 1.807) is 6.07 Å². The molecule has 0 spiro atoms. The first-order valence-corrected chi connectivity index (χ1v) is 11.2. The summed E-state index contributed by atoms with van der Waals surface area (Å²) in [7, 11) is -1.28. The number of aromatic hydroxyl groups is 2. The molecule has 0 bridgehead atoms. The molecule has 1 aromatic carbocycles. The van der Waals surface area contributed by atoms with Gasteiger partial charge in [-0.05, 0) is 73.3 Å². The Morgan fingerprint density at radius 3 is 2.59 bits per heavy atom. The van der Waals surface area contributed by atoms with Crippen molar-refractivity contribution in [3.05, 3.63) is 17.2 Å². The molecule has 0 radical (unpaired) electrons. The third-order valence-corrected chi connectivity index (χ3v) is 8.63. The van der Waals surface area contributed by atoms with E-state index in [0.29, 0.717) is 17.3 Å². The van der Waals surface area contributed by atoms with Crippen LogP contribution >= 0.6 is 0 Å². The molecule has 27 heavy (non-hydrogen) atoms. The number of nitrogens with zero attached hydrogens (tertiary/aromatic N) is 1. The van der Waals surface area contributed by atoms with Gasteiger partial charge >= 0.3 is 10.3 Å². The molecule has 4 rings (SSSR count). The van der Waals surface area contributed by atoms with Gasteiger partial charge in [-0.3, -0.25) is 0 Å². The third-order valence-electron chi connectivity index (χ3n) is 7.34. The highest BCUT2D eigenvalue weighted by atomic mass is 32.2. The van der Waals surface area contributed by atoms with Crippen molar-refractivity contribution >= 4 is 10.3 Å². The summed E-state index contributed by atoms with van der Waals surface area (Å²) in [5.41, 5.74) is 2.13. The Hall–Kier alpha value is -1.47. The third kappa shape index (κ3) is 2.90. The zero-order valence-corrected chi connectivity index (χ0v) is 17.1. The van der Waals surface area contributed by atoms with E-state index in [1.807, 2.05) is 0 Å². The molecule has 2 fully saturated rings. The van der Waals surface area contributed by atoms with Gasteiger partial charge in [-0.2, -0.15) is 12.7 Å². The standard InChI is InChI=1S/C20H29NO5S/c1-20-9-4-5-15(20)13-7-6-12-11-16(26-27(24,25)21(2)3)18(22)19(23)17(12)14(13)8-10-20/h11,13-15,22-23H,4-10H2,1-3H3/t13-,14+,15+,20+/m1/s1. The van der Waals surface area contributed by atoms with Crippen molar-refractivity contribution in [3.8, 4) is 17.2 Å². The summed E-state index contributed by atoms with van der Waals surface area (Å²) in [6, 6.07) is 1.60. The monoisotopic (exact) mass is 395 g/mol. The molecule has 0 heterocycles. The van der Waals surface area contributed by atoms with Gasteiger partial charge in [0.05, 0.1) is 0 Å². The normalized spacial score (nSPS) is 32.7. The summed E-state index contributed by atoms with van der Waals surface area (Å²) in [6.07, 6.45) is 7.79. The van der Waals surface area contributed by atoms with E-state index in [9.17, 15) is 18.6 Å². The highest BCUT2D eigenvalue weighted by Gasteiger charge is 2.51. The minimum absolute atomic E-state index is 0.195. The summed E-state index contributed by atoms with van der Waals surface area (Å²) in [5.74, 6) is 0.569. The molecule has 6 nitrogen and oxygen atoms in total. The van der Waals surface area contributed by atoms with Crippen LogP contribution in [0.15, 0.2) is 6.07 Å². The van der Waals surface area contributed by atoms with Crippen molar-refractivity contribution in [2.75, 3.05) is 14.1 Å². The number of fused-ring (bicyclic) bond motifs is 5. The summed E-state index contributed by atoms with van der Waals surface area (Å²) in [6.45, 7) is 2.41. The van der Waals surface area contributed by atoms with E-state index < -0.39 is 16.1 Å². The molecule has 4 atom stereocenters. The second kappa shape index (κ2) is 6.27. The van der Waals surface area contributed by atoms with Crippen molar-refractivity contribution in [1.82, 2.24) is 4.31 Å². The summed E-state index contributed by atoms with van der Waals surface area (Å²) < 4.78 is 30.0. The van der Waals surface area contributed by atoms with Gasteiger partial charge in [-0.25, -0.2) is 0 Å². The average Bonchev–Trinajstić information content (AvgIpc) is 3.00. The topological polar surface area (TPSA) is 87.1 Å². The molecule has 0 aliphatic heterocycles. The lowest BCUT2D eigenvalue weighted by molar-refractivity contribution is 0.0587. The summed E-state index contributed by atoms with van der Waals surface area (Å²) in [5, 5.41) is 21.2. The fraction of sp³-hybridized carbons (Fsp3) is 0.700. The van der Waals surface area contributed by atoms with Gasteiger partial charge in [0, 0.05) is 19.7 Å². The van der Waals surface area contributed by atoms with Crippen molar-refractivity contribution in [2.45, 2.75) is 57.8 Å². The summed E-state index contributed by atoms with van der Waals surface area (Å²) >= 11 is 0. The number of phenolic OH excluding ortho intramolecular Hbond substituents is 2. The number of hydrogen-bond donors (Lipinski definition) is 2. The Labute approximate surface area is 161 Å². The molecule has 0 amide bonds. The summed E-state index contributed by atoms with van der Waals surface area (Å²) in [4.78, 5) is 0. The van der Waals surface area contributed by atoms with Crippen LogP contribution in [0.4, 0.5) is 0 Å². The second-order valence-electron chi connectivity index (χ2n) is 8.97. The molecule has 0 saturated heterocycles. The maximum absolute atomic E-state index is 12.0. The Balaban J connectivity index is 1.72. The predicted molar refractivity (Wildman–Crippen MR) is 102 cm³/mol. The lowest BCUT2D eigenvalue weighted by Crippen LogP contribution is -2.39. The molecule has 7 heteroatoms. The molecule has 2 N–H and O–H groups in total. The second-order valence-corrected chi connectivity index (χ2v) is 10.7. The largest absolute Gasteiger partial charge is 0.504 e. The van der Waals surface area contributed by atoms with Crippen molar-refractivity contribution in [1.29, 1.82) is 0 Å². The van der Waals surface area contributed by atoms with Crippen molar-refractivity contribution < 1.29 is 22.8 Å². The van der Waals surface area contributed by atoms with Crippen LogP contribution in [0, 0.1) is 17.3 Å². The maximum atomic E-state index is 12.0. The average molecular weight is 396 g/mol. The van der Waals surface area contributed by atoms with Crippen molar-refractivity contribution in [3.63, 3.8) is 0 Å². The van der Waals surface area contributed by atoms with Gasteiger partial charge in [-0.15, -0.1) is 0 Å². The molecule has 0 aromatic heterocycles. The van der Waals surface area contributed by atoms with Crippen LogP contribution < -0.4 is 4.18 Å². The van der Waals surface area contributed by atoms with Gasteiger partial charge in [-0.1, -0.05) is 13.3 Å². The van der Waals surface area contributed by atoms with E-state index >= 15 is 0 Å². The molecule has 0 unspecified atom stereocenters. The van der Waals surface area contributed by atoms with E-state index in [2.05, 4.69) is 6.92 Å². The van der Waals surface area contributed by atoms with Gasteiger partial charge < -0.3 is 14.4 Å². The Morgan fingerprint density at radius 2 is 1.89 bits per heavy atom. The van der Waals surface area contributed by atoms with Crippen LogP contribution in [-0.2, 0) is 16.7 Å². The van der Waals surface area contributed by atoms with Crippen LogP contribution in [0.2, 0.25) is 0 Å². The number of benzene rings is 1. The first-order valence-electron chi connectivity index (χ1n) is 9.84. The van der Waals surface area contributed by atoms with Gasteiger partial charge in [0.2, 0.25) is 5.75 Å². The molecule has 3 aliphatic carbocycles.